The fourth-order valence-electron chi connectivity index (χ4n) is 1.19. The lowest BCUT2D eigenvalue weighted by Crippen LogP contribution is -2.13. The molecular formula is C13H25NO4. The van der Waals surface area contributed by atoms with E-state index in [0.29, 0.717) is 13.2 Å². The Morgan fingerprint density at radius 3 is 2.17 bits per heavy atom. The van der Waals surface area contributed by atoms with E-state index in [1.807, 2.05) is 14.1 Å². The highest BCUT2D eigenvalue weighted by molar-refractivity contribution is 5.81. The van der Waals surface area contributed by atoms with Crippen molar-refractivity contribution in [3.63, 3.8) is 0 Å². The van der Waals surface area contributed by atoms with Crippen molar-refractivity contribution in [1.29, 1.82) is 0 Å². The van der Waals surface area contributed by atoms with Gasteiger partial charge in [0.15, 0.2) is 0 Å². The molecule has 0 atom stereocenters. The molecular weight excluding hydrogens is 234 g/mol. The van der Waals surface area contributed by atoms with E-state index in [4.69, 9.17) is 14.3 Å². The van der Waals surface area contributed by atoms with Gasteiger partial charge in [-0.25, -0.2) is 4.79 Å². The van der Waals surface area contributed by atoms with Crippen LogP contribution in [0.1, 0.15) is 25.7 Å². The highest BCUT2D eigenvalue weighted by Crippen LogP contribution is 1.96. The summed E-state index contributed by atoms with van der Waals surface area (Å²) in [6, 6.07) is 0. The third-order valence-corrected chi connectivity index (χ3v) is 2.13. The monoisotopic (exact) mass is 259 g/mol. The minimum atomic E-state index is -0.364. The predicted molar refractivity (Wildman–Crippen MR) is 70.1 cm³/mol. The first-order valence-corrected chi connectivity index (χ1v) is 6.34. The Labute approximate surface area is 110 Å². The van der Waals surface area contributed by atoms with Crippen LogP contribution in [0.2, 0.25) is 0 Å². The van der Waals surface area contributed by atoms with Crippen LogP contribution in [0.15, 0.2) is 12.7 Å². The van der Waals surface area contributed by atoms with Crippen molar-refractivity contribution in [2.24, 2.45) is 0 Å². The topological polar surface area (TPSA) is 48.0 Å². The van der Waals surface area contributed by atoms with Crippen LogP contribution in [0, 0.1) is 0 Å². The van der Waals surface area contributed by atoms with Crippen LogP contribution >= 0.6 is 0 Å². The standard InChI is InChI=1S/C13H25NO4/c1-4-13(15)17-11-7-5-9-16-10-6-8-12-18-14(2)3/h4H,1,5-12H2,2-3H3. The van der Waals surface area contributed by atoms with E-state index in [-0.39, 0.29) is 5.97 Å². The third-order valence-electron chi connectivity index (χ3n) is 2.13. The van der Waals surface area contributed by atoms with Crippen molar-refractivity contribution in [2.75, 3.05) is 40.5 Å². The number of unbranched alkanes of at least 4 members (excludes halogenated alkanes) is 2. The van der Waals surface area contributed by atoms with Gasteiger partial charge in [-0.05, 0) is 25.7 Å². The molecule has 0 aromatic carbocycles. The van der Waals surface area contributed by atoms with Crippen LogP contribution in [-0.2, 0) is 19.1 Å². The quantitative estimate of drug-likeness (QED) is 0.231. The maximum atomic E-state index is 10.7. The molecule has 0 bridgehead atoms. The van der Waals surface area contributed by atoms with Gasteiger partial charge in [-0.3, -0.25) is 4.84 Å². The Bertz CT molecular complexity index is 219. The summed E-state index contributed by atoms with van der Waals surface area (Å²) >= 11 is 0. The Morgan fingerprint density at radius 2 is 1.61 bits per heavy atom. The number of hydrogen-bond donors (Lipinski definition) is 0. The second kappa shape index (κ2) is 12.5. The van der Waals surface area contributed by atoms with Gasteiger partial charge in [-0.15, -0.1) is 0 Å². The van der Waals surface area contributed by atoms with Crippen molar-refractivity contribution in [1.82, 2.24) is 5.06 Å². The summed E-state index contributed by atoms with van der Waals surface area (Å²) < 4.78 is 10.3. The van der Waals surface area contributed by atoms with Gasteiger partial charge in [0.1, 0.15) is 0 Å². The smallest absolute Gasteiger partial charge is 0.330 e. The fraction of sp³-hybridized carbons (Fsp3) is 0.769. The molecule has 0 spiro atoms. The number of hydroxylamine groups is 2. The molecule has 0 aromatic heterocycles. The molecule has 0 unspecified atom stereocenters. The number of hydrogen-bond acceptors (Lipinski definition) is 5. The second-order valence-corrected chi connectivity index (χ2v) is 4.04. The highest BCUT2D eigenvalue weighted by Gasteiger charge is 1.96. The van der Waals surface area contributed by atoms with E-state index in [9.17, 15) is 4.79 Å². The first kappa shape index (κ1) is 17.1. The zero-order chi connectivity index (χ0) is 13.6. The lowest BCUT2D eigenvalue weighted by molar-refractivity contribution is -0.137. The molecule has 106 valence electrons. The molecule has 5 nitrogen and oxygen atoms in total. The van der Waals surface area contributed by atoms with E-state index in [2.05, 4.69) is 6.58 Å². The molecule has 0 saturated heterocycles. The first-order chi connectivity index (χ1) is 8.66. The first-order valence-electron chi connectivity index (χ1n) is 6.34. The Hall–Kier alpha value is -0.910. The molecule has 0 rings (SSSR count). The number of ether oxygens (including phenoxy) is 2. The summed E-state index contributed by atoms with van der Waals surface area (Å²) in [6.07, 6.45) is 4.89. The predicted octanol–water partition coefficient (Wildman–Crippen LogP) is 1.79. The highest BCUT2D eigenvalue weighted by atomic mass is 16.7. The number of nitrogens with zero attached hydrogens (tertiary/aromatic N) is 1. The number of esters is 1. The molecule has 0 N–H and O–H groups in total. The number of carbonyl (C=O) groups is 1. The molecule has 0 aliphatic carbocycles. The van der Waals surface area contributed by atoms with E-state index >= 15 is 0 Å². The van der Waals surface area contributed by atoms with E-state index in [1.165, 1.54) is 6.08 Å². The normalized spacial score (nSPS) is 10.6. The molecule has 0 amide bonds. The van der Waals surface area contributed by atoms with Crippen molar-refractivity contribution in [2.45, 2.75) is 25.7 Å². The maximum Gasteiger partial charge on any atom is 0.330 e. The summed E-state index contributed by atoms with van der Waals surface area (Å²) in [5, 5.41) is 1.70. The van der Waals surface area contributed by atoms with Crippen LogP contribution in [0.4, 0.5) is 0 Å². The molecule has 0 fully saturated rings. The van der Waals surface area contributed by atoms with Crippen molar-refractivity contribution < 1.29 is 19.1 Å². The Balaban J connectivity index is 3.03. The molecule has 0 saturated carbocycles. The van der Waals surface area contributed by atoms with Crippen molar-refractivity contribution in [3.05, 3.63) is 12.7 Å². The Morgan fingerprint density at radius 1 is 1.06 bits per heavy atom. The minimum absolute atomic E-state index is 0.364. The molecule has 0 heterocycles. The molecule has 5 heteroatoms. The van der Waals surface area contributed by atoms with Gasteiger partial charge in [-0.2, -0.15) is 5.06 Å². The van der Waals surface area contributed by atoms with E-state index in [0.717, 1.165) is 38.9 Å². The average molecular weight is 259 g/mol. The minimum Gasteiger partial charge on any atom is -0.463 e. The fourth-order valence-corrected chi connectivity index (χ4v) is 1.19. The lowest BCUT2D eigenvalue weighted by atomic mass is 10.3. The second-order valence-electron chi connectivity index (χ2n) is 4.04. The van der Waals surface area contributed by atoms with Crippen molar-refractivity contribution >= 4 is 5.97 Å². The van der Waals surface area contributed by atoms with Crippen LogP contribution < -0.4 is 0 Å². The third kappa shape index (κ3) is 13.2. The summed E-state index contributed by atoms with van der Waals surface area (Å²) in [6.45, 7) is 5.95. The average Bonchev–Trinajstić information content (AvgIpc) is 2.35. The molecule has 18 heavy (non-hydrogen) atoms. The van der Waals surface area contributed by atoms with Crippen LogP contribution in [0.25, 0.3) is 0 Å². The van der Waals surface area contributed by atoms with E-state index < -0.39 is 0 Å². The van der Waals surface area contributed by atoms with Crippen LogP contribution in [0.5, 0.6) is 0 Å². The Kier molecular flexibility index (Phi) is 11.9. The number of carbonyl (C=O) groups excluding carboxylic acids is 1. The van der Waals surface area contributed by atoms with Gasteiger partial charge in [-0.1, -0.05) is 6.58 Å². The summed E-state index contributed by atoms with van der Waals surface area (Å²) in [4.78, 5) is 16.0. The van der Waals surface area contributed by atoms with Gasteiger partial charge >= 0.3 is 5.97 Å². The van der Waals surface area contributed by atoms with E-state index in [1.54, 1.807) is 5.06 Å². The molecule has 0 aromatic rings. The van der Waals surface area contributed by atoms with Crippen LogP contribution in [0.3, 0.4) is 0 Å². The molecule has 0 aliphatic rings. The van der Waals surface area contributed by atoms with Gasteiger partial charge in [0.25, 0.3) is 0 Å². The lowest BCUT2D eigenvalue weighted by Gasteiger charge is -2.09. The molecule has 0 radical (unpaired) electrons. The van der Waals surface area contributed by atoms with Gasteiger partial charge < -0.3 is 9.47 Å². The van der Waals surface area contributed by atoms with Gasteiger partial charge in [0, 0.05) is 33.4 Å². The van der Waals surface area contributed by atoms with Crippen LogP contribution in [-0.4, -0.2) is 51.6 Å². The molecule has 0 aliphatic heterocycles. The summed E-state index contributed by atoms with van der Waals surface area (Å²) in [5.74, 6) is -0.364. The van der Waals surface area contributed by atoms with Crippen molar-refractivity contribution in [3.8, 4) is 0 Å². The van der Waals surface area contributed by atoms with Gasteiger partial charge in [0.2, 0.25) is 0 Å². The number of rotatable bonds is 12. The zero-order valence-electron chi connectivity index (χ0n) is 11.5. The summed E-state index contributed by atoms with van der Waals surface area (Å²) in [5.41, 5.74) is 0. The SMILES string of the molecule is C=CC(=O)OCCCCOCCCCON(C)C. The van der Waals surface area contributed by atoms with Gasteiger partial charge in [0.05, 0.1) is 13.2 Å². The maximum absolute atomic E-state index is 10.7. The largest absolute Gasteiger partial charge is 0.463 e. The zero-order valence-corrected chi connectivity index (χ0v) is 11.5. The summed E-state index contributed by atoms with van der Waals surface area (Å²) in [7, 11) is 3.74.